The van der Waals surface area contributed by atoms with Gasteiger partial charge in [0, 0.05) is 24.0 Å². The summed E-state index contributed by atoms with van der Waals surface area (Å²) in [6.07, 6.45) is 0.435. The van der Waals surface area contributed by atoms with E-state index in [2.05, 4.69) is 29.4 Å². The van der Waals surface area contributed by atoms with Gasteiger partial charge in [-0.1, -0.05) is 30.2 Å². The fourth-order valence-corrected chi connectivity index (χ4v) is 2.17. The number of aliphatic hydroxyl groups is 1. The van der Waals surface area contributed by atoms with E-state index in [0.717, 1.165) is 22.9 Å². The number of nitrogens with one attached hydrogen (secondary N) is 1. The van der Waals surface area contributed by atoms with Crippen molar-refractivity contribution in [3.63, 3.8) is 0 Å². The summed E-state index contributed by atoms with van der Waals surface area (Å²) in [7, 11) is 0. The van der Waals surface area contributed by atoms with Gasteiger partial charge in [0.25, 0.3) is 0 Å². The third kappa shape index (κ3) is 3.66. The topological polar surface area (TPSA) is 45.1 Å². The van der Waals surface area contributed by atoms with Crippen LogP contribution in [-0.4, -0.2) is 22.7 Å². The molecule has 0 amide bonds. The van der Waals surface area contributed by atoms with E-state index < -0.39 is 0 Å². The lowest BCUT2D eigenvalue weighted by Crippen LogP contribution is -2.25. The van der Waals surface area contributed by atoms with Crippen LogP contribution in [0.2, 0.25) is 5.15 Å². The molecule has 0 aliphatic heterocycles. The highest BCUT2D eigenvalue weighted by atomic mass is 35.5. The summed E-state index contributed by atoms with van der Waals surface area (Å²) in [5, 5.41) is 14.3. The number of aliphatic hydroxyl groups excluding tert-OH is 1. The number of pyridine rings is 1. The molecule has 1 heterocycles. The Morgan fingerprint density at radius 1 is 1.37 bits per heavy atom. The molecule has 0 saturated carbocycles. The number of benzene rings is 1. The number of halogens is 1. The third-order valence-electron chi connectivity index (χ3n) is 3.16. The first-order chi connectivity index (χ1) is 9.10. The zero-order valence-corrected chi connectivity index (χ0v) is 12.0. The van der Waals surface area contributed by atoms with Gasteiger partial charge in [0.1, 0.15) is 5.15 Å². The fourth-order valence-electron chi connectivity index (χ4n) is 1.96. The molecule has 0 aliphatic carbocycles. The fraction of sp³-hybridized carbons (Fsp3) is 0.400. The highest BCUT2D eigenvalue weighted by Gasteiger charge is 2.06. The van der Waals surface area contributed by atoms with E-state index in [1.807, 2.05) is 19.1 Å². The van der Waals surface area contributed by atoms with Crippen LogP contribution in [0.5, 0.6) is 0 Å². The molecule has 0 spiro atoms. The van der Waals surface area contributed by atoms with Gasteiger partial charge in [-0.3, -0.25) is 0 Å². The van der Waals surface area contributed by atoms with Crippen molar-refractivity contribution in [3.05, 3.63) is 40.5 Å². The van der Waals surface area contributed by atoms with Crippen molar-refractivity contribution in [2.75, 3.05) is 6.54 Å². The minimum absolute atomic E-state index is 0.311. The number of aromatic nitrogens is 1. The predicted octanol–water partition coefficient (Wildman–Crippen LogP) is 3.06. The van der Waals surface area contributed by atoms with E-state index in [1.165, 1.54) is 5.56 Å². The van der Waals surface area contributed by atoms with Crippen molar-refractivity contribution >= 4 is 22.5 Å². The summed E-state index contributed by atoms with van der Waals surface area (Å²) in [4.78, 5) is 4.40. The van der Waals surface area contributed by atoms with Crippen LogP contribution in [-0.2, 0) is 6.54 Å². The van der Waals surface area contributed by atoms with Crippen molar-refractivity contribution in [1.29, 1.82) is 0 Å². The maximum atomic E-state index is 9.50. The van der Waals surface area contributed by atoms with Crippen LogP contribution in [0.25, 0.3) is 10.9 Å². The van der Waals surface area contributed by atoms with Crippen LogP contribution in [0, 0.1) is 6.92 Å². The summed E-state index contributed by atoms with van der Waals surface area (Å²) in [6, 6.07) is 8.17. The molecule has 1 aromatic heterocycles. The molecule has 1 aromatic carbocycles. The summed E-state index contributed by atoms with van der Waals surface area (Å²) in [6.45, 7) is 5.20. The average molecular weight is 279 g/mol. The van der Waals surface area contributed by atoms with Gasteiger partial charge in [-0.25, -0.2) is 4.98 Å². The van der Waals surface area contributed by atoms with Crippen LogP contribution < -0.4 is 5.32 Å². The maximum Gasteiger partial charge on any atom is 0.134 e. The first-order valence-electron chi connectivity index (χ1n) is 6.54. The van der Waals surface area contributed by atoms with Crippen LogP contribution in [0.15, 0.2) is 24.3 Å². The predicted molar refractivity (Wildman–Crippen MR) is 79.5 cm³/mol. The summed E-state index contributed by atoms with van der Waals surface area (Å²) in [5.74, 6) is 0. The van der Waals surface area contributed by atoms with E-state index >= 15 is 0 Å². The highest BCUT2D eigenvalue weighted by molar-refractivity contribution is 6.30. The molecule has 19 heavy (non-hydrogen) atoms. The van der Waals surface area contributed by atoms with Gasteiger partial charge in [0.2, 0.25) is 0 Å². The molecule has 2 aromatic rings. The van der Waals surface area contributed by atoms with Crippen molar-refractivity contribution in [1.82, 2.24) is 10.3 Å². The Balaban J connectivity index is 2.16. The maximum absolute atomic E-state index is 9.50. The average Bonchev–Trinajstić information content (AvgIpc) is 2.39. The molecule has 0 unspecified atom stereocenters. The second kappa shape index (κ2) is 6.33. The molecule has 2 rings (SSSR count). The van der Waals surface area contributed by atoms with Crippen LogP contribution >= 0.6 is 11.6 Å². The molecule has 0 radical (unpaired) electrons. The van der Waals surface area contributed by atoms with Crippen molar-refractivity contribution in [2.45, 2.75) is 32.9 Å². The van der Waals surface area contributed by atoms with E-state index in [1.54, 1.807) is 0 Å². The zero-order chi connectivity index (χ0) is 13.8. The minimum atomic E-state index is -0.311. The first kappa shape index (κ1) is 14.3. The van der Waals surface area contributed by atoms with Crippen molar-refractivity contribution in [3.8, 4) is 0 Å². The lowest BCUT2D eigenvalue weighted by atomic mass is 10.1. The molecule has 3 nitrogen and oxygen atoms in total. The molecule has 0 saturated heterocycles. The second-order valence-corrected chi connectivity index (χ2v) is 5.19. The minimum Gasteiger partial charge on any atom is -0.392 e. The normalized spacial score (nSPS) is 12.8. The molecule has 0 fully saturated rings. The Morgan fingerprint density at radius 3 is 2.89 bits per heavy atom. The smallest absolute Gasteiger partial charge is 0.134 e. The Kier molecular flexibility index (Phi) is 4.75. The summed E-state index contributed by atoms with van der Waals surface area (Å²) < 4.78 is 0. The molecule has 102 valence electrons. The van der Waals surface area contributed by atoms with E-state index in [-0.39, 0.29) is 6.10 Å². The molecule has 2 N–H and O–H groups in total. The molecular weight excluding hydrogens is 260 g/mol. The first-order valence-corrected chi connectivity index (χ1v) is 6.92. The second-order valence-electron chi connectivity index (χ2n) is 4.83. The van der Waals surface area contributed by atoms with Crippen molar-refractivity contribution in [2.24, 2.45) is 0 Å². The molecule has 0 bridgehead atoms. The zero-order valence-electron chi connectivity index (χ0n) is 11.3. The number of rotatable bonds is 5. The van der Waals surface area contributed by atoms with Crippen LogP contribution in [0.1, 0.15) is 24.5 Å². The number of nitrogens with zero attached hydrogens (tertiary/aromatic N) is 1. The Hall–Kier alpha value is -1.16. The van der Waals surface area contributed by atoms with Gasteiger partial charge in [0.05, 0.1) is 11.6 Å². The summed E-state index contributed by atoms with van der Waals surface area (Å²) in [5.41, 5.74) is 3.08. The van der Waals surface area contributed by atoms with Gasteiger partial charge >= 0.3 is 0 Å². The van der Waals surface area contributed by atoms with Gasteiger partial charge in [0.15, 0.2) is 0 Å². The van der Waals surface area contributed by atoms with Crippen molar-refractivity contribution < 1.29 is 5.11 Å². The lowest BCUT2D eigenvalue weighted by molar-refractivity contribution is 0.167. The highest BCUT2D eigenvalue weighted by Crippen LogP contribution is 2.21. The van der Waals surface area contributed by atoms with Gasteiger partial charge in [-0.05, 0) is 31.5 Å². The quantitative estimate of drug-likeness (QED) is 0.827. The lowest BCUT2D eigenvalue weighted by Gasteiger charge is -2.11. The largest absolute Gasteiger partial charge is 0.392 e. The molecule has 1 atom stereocenters. The van der Waals surface area contributed by atoms with E-state index in [9.17, 15) is 5.11 Å². The summed E-state index contributed by atoms with van der Waals surface area (Å²) >= 11 is 6.18. The van der Waals surface area contributed by atoms with E-state index in [0.29, 0.717) is 18.2 Å². The van der Waals surface area contributed by atoms with Gasteiger partial charge in [-0.15, -0.1) is 0 Å². The monoisotopic (exact) mass is 278 g/mol. The Bertz CT molecular complexity index is 571. The number of hydrogen-bond acceptors (Lipinski definition) is 3. The van der Waals surface area contributed by atoms with Crippen LogP contribution in [0.3, 0.4) is 0 Å². The van der Waals surface area contributed by atoms with Gasteiger partial charge in [-0.2, -0.15) is 0 Å². The Morgan fingerprint density at radius 2 is 2.16 bits per heavy atom. The number of hydrogen-bond donors (Lipinski definition) is 2. The number of aryl methyl sites for hydroxylation is 1. The third-order valence-corrected chi connectivity index (χ3v) is 3.49. The van der Waals surface area contributed by atoms with Gasteiger partial charge < -0.3 is 10.4 Å². The van der Waals surface area contributed by atoms with Crippen LogP contribution in [0.4, 0.5) is 0 Å². The molecule has 4 heteroatoms. The molecule has 0 aliphatic rings. The van der Waals surface area contributed by atoms with E-state index in [4.69, 9.17) is 11.6 Å². The molecular formula is C15H19ClN2O. The Labute approximate surface area is 118 Å². The SMILES string of the molecule is CC[C@@H](O)CNCc1cc2cc(C)ccc2nc1Cl. The standard InChI is InChI=1S/C15H19ClN2O/c1-3-13(19)9-17-8-12-7-11-6-10(2)4-5-14(11)18-15(12)16/h4-7,13,17,19H,3,8-9H2,1-2H3/t13-/m1/s1. The number of fused-ring (bicyclic) bond motifs is 1.